The highest BCUT2D eigenvalue weighted by Gasteiger charge is 2.25. The van der Waals surface area contributed by atoms with Crippen molar-refractivity contribution in [3.63, 3.8) is 0 Å². The summed E-state index contributed by atoms with van der Waals surface area (Å²) in [6, 6.07) is 32.6. The Morgan fingerprint density at radius 2 is 1.30 bits per heavy atom. The number of rotatable bonds is 5. The van der Waals surface area contributed by atoms with Crippen molar-refractivity contribution < 1.29 is 9.72 Å². The number of pyridine rings is 1. The number of carbonyl (C=O) groups excluding carboxylic acids is 1. The summed E-state index contributed by atoms with van der Waals surface area (Å²) >= 11 is 0. The molecule has 158 valence electrons. The van der Waals surface area contributed by atoms with Gasteiger partial charge < -0.3 is 0 Å². The van der Waals surface area contributed by atoms with E-state index in [1.54, 1.807) is 18.2 Å². The van der Waals surface area contributed by atoms with Gasteiger partial charge in [-0.25, -0.2) is 4.98 Å². The summed E-state index contributed by atoms with van der Waals surface area (Å²) in [5.41, 5.74) is 4.26. The summed E-state index contributed by atoms with van der Waals surface area (Å²) in [5, 5.41) is 12.1. The number of ketones is 1. The maximum Gasteiger partial charge on any atom is 0.270 e. The van der Waals surface area contributed by atoms with Gasteiger partial charge in [0.25, 0.3) is 5.69 Å². The van der Waals surface area contributed by atoms with Gasteiger partial charge in [-0.1, -0.05) is 91.0 Å². The smallest absolute Gasteiger partial charge is 0.270 e. The monoisotopic (exact) mass is 430 g/mol. The van der Waals surface area contributed by atoms with Crippen molar-refractivity contribution in [1.82, 2.24) is 4.98 Å². The highest BCUT2D eigenvalue weighted by atomic mass is 16.6. The molecule has 5 rings (SSSR count). The summed E-state index contributed by atoms with van der Waals surface area (Å²) in [6.45, 7) is 0. The van der Waals surface area contributed by atoms with Gasteiger partial charge in [0, 0.05) is 34.2 Å². The van der Waals surface area contributed by atoms with Crippen LogP contribution >= 0.6 is 0 Å². The van der Waals surface area contributed by atoms with E-state index < -0.39 is 4.92 Å². The third-order valence-electron chi connectivity index (χ3n) is 5.55. The molecule has 33 heavy (non-hydrogen) atoms. The Hall–Kier alpha value is -4.64. The standard InChI is InChI=1S/C28H18N2O3/c31-28(21-14-8-3-9-15-21)26-25(19-10-4-1-5-11-19)23-18-22(30(32)33)16-17-24(23)29-27(26)20-12-6-2-7-13-20/h1-18H. The van der Waals surface area contributed by atoms with E-state index in [-0.39, 0.29) is 11.5 Å². The summed E-state index contributed by atoms with van der Waals surface area (Å²) in [4.78, 5) is 29.9. The molecule has 0 radical (unpaired) electrons. The van der Waals surface area contributed by atoms with Crippen LogP contribution in [0.1, 0.15) is 15.9 Å². The average molecular weight is 430 g/mol. The zero-order chi connectivity index (χ0) is 22.8. The normalized spacial score (nSPS) is 10.8. The molecule has 5 heteroatoms. The Morgan fingerprint density at radius 1 is 0.727 bits per heavy atom. The summed E-state index contributed by atoms with van der Waals surface area (Å²) in [6.07, 6.45) is 0. The van der Waals surface area contributed by atoms with Crippen molar-refractivity contribution in [1.29, 1.82) is 0 Å². The number of nitro benzene ring substituents is 1. The van der Waals surface area contributed by atoms with Crippen molar-refractivity contribution >= 4 is 22.4 Å². The van der Waals surface area contributed by atoms with Gasteiger partial charge in [0.05, 0.1) is 21.7 Å². The molecule has 0 aliphatic carbocycles. The first kappa shape index (κ1) is 20.3. The summed E-state index contributed by atoms with van der Waals surface area (Å²) in [5.74, 6) is -0.186. The molecule has 0 fully saturated rings. The number of hydrogen-bond donors (Lipinski definition) is 0. The summed E-state index contributed by atoms with van der Waals surface area (Å²) < 4.78 is 0. The second-order valence-electron chi connectivity index (χ2n) is 7.60. The number of fused-ring (bicyclic) bond motifs is 1. The van der Waals surface area contributed by atoms with Crippen LogP contribution in [0.15, 0.2) is 109 Å². The minimum absolute atomic E-state index is 0.0490. The molecule has 0 atom stereocenters. The third-order valence-corrected chi connectivity index (χ3v) is 5.55. The minimum atomic E-state index is -0.433. The molecule has 1 aromatic heterocycles. The van der Waals surface area contributed by atoms with Crippen LogP contribution in [0.25, 0.3) is 33.3 Å². The second kappa shape index (κ2) is 8.48. The third kappa shape index (κ3) is 3.77. The van der Waals surface area contributed by atoms with E-state index in [1.807, 2.05) is 78.9 Å². The molecule has 0 aliphatic heterocycles. The lowest BCUT2D eigenvalue weighted by molar-refractivity contribution is -0.384. The minimum Gasteiger partial charge on any atom is -0.289 e. The molecule has 0 aliphatic rings. The number of nitrogens with zero attached hydrogens (tertiary/aromatic N) is 2. The molecule has 0 bridgehead atoms. The van der Waals surface area contributed by atoms with E-state index in [1.165, 1.54) is 12.1 Å². The Labute approximate surface area is 190 Å². The lowest BCUT2D eigenvalue weighted by Crippen LogP contribution is -2.09. The lowest BCUT2D eigenvalue weighted by Gasteiger charge is -2.17. The van der Waals surface area contributed by atoms with E-state index in [2.05, 4.69) is 0 Å². The van der Waals surface area contributed by atoms with E-state index in [0.717, 1.165) is 11.1 Å². The Bertz CT molecular complexity index is 1480. The average Bonchev–Trinajstić information content (AvgIpc) is 2.88. The molecular formula is C28H18N2O3. The number of non-ortho nitro benzene ring substituents is 1. The van der Waals surface area contributed by atoms with Gasteiger partial charge in [-0.3, -0.25) is 14.9 Å². The molecule has 0 N–H and O–H groups in total. The molecule has 0 saturated heterocycles. The first-order chi connectivity index (χ1) is 16.1. The largest absolute Gasteiger partial charge is 0.289 e. The maximum atomic E-state index is 13.9. The zero-order valence-electron chi connectivity index (χ0n) is 17.5. The Balaban J connectivity index is 1.95. The van der Waals surface area contributed by atoms with Crippen LogP contribution in [0.3, 0.4) is 0 Å². The topological polar surface area (TPSA) is 73.1 Å². The quantitative estimate of drug-likeness (QED) is 0.176. The zero-order valence-corrected chi connectivity index (χ0v) is 17.5. The maximum absolute atomic E-state index is 13.9. The fourth-order valence-corrected chi connectivity index (χ4v) is 4.03. The molecule has 1 heterocycles. The van der Waals surface area contributed by atoms with Crippen LogP contribution in [-0.4, -0.2) is 15.7 Å². The summed E-state index contributed by atoms with van der Waals surface area (Å²) in [7, 11) is 0. The van der Waals surface area contributed by atoms with Crippen molar-refractivity contribution in [2.24, 2.45) is 0 Å². The predicted molar refractivity (Wildman–Crippen MR) is 129 cm³/mol. The van der Waals surface area contributed by atoms with Gasteiger partial charge in [0.2, 0.25) is 0 Å². The number of carbonyl (C=O) groups is 1. The molecule has 5 nitrogen and oxygen atoms in total. The van der Waals surface area contributed by atoms with E-state index in [0.29, 0.717) is 33.3 Å². The fourth-order valence-electron chi connectivity index (χ4n) is 4.03. The highest BCUT2D eigenvalue weighted by Crippen LogP contribution is 2.39. The van der Waals surface area contributed by atoms with Crippen LogP contribution < -0.4 is 0 Å². The molecule has 0 amide bonds. The van der Waals surface area contributed by atoms with Crippen molar-refractivity contribution in [2.45, 2.75) is 0 Å². The number of aromatic nitrogens is 1. The van der Waals surface area contributed by atoms with Crippen LogP contribution in [0, 0.1) is 10.1 Å². The van der Waals surface area contributed by atoms with Crippen molar-refractivity contribution in [3.05, 3.63) is 130 Å². The second-order valence-corrected chi connectivity index (χ2v) is 7.60. The predicted octanol–water partition coefficient (Wildman–Crippen LogP) is 6.71. The number of nitro groups is 1. The van der Waals surface area contributed by atoms with Crippen LogP contribution in [0.4, 0.5) is 5.69 Å². The lowest BCUT2D eigenvalue weighted by atomic mass is 9.87. The first-order valence-electron chi connectivity index (χ1n) is 10.5. The van der Waals surface area contributed by atoms with E-state index >= 15 is 0 Å². The fraction of sp³-hybridized carbons (Fsp3) is 0. The van der Waals surface area contributed by atoms with Gasteiger partial charge in [-0.05, 0) is 11.6 Å². The van der Waals surface area contributed by atoms with E-state index in [9.17, 15) is 14.9 Å². The first-order valence-corrected chi connectivity index (χ1v) is 10.5. The molecule has 0 unspecified atom stereocenters. The number of benzene rings is 4. The molecule has 4 aromatic carbocycles. The Kier molecular flexibility index (Phi) is 5.21. The van der Waals surface area contributed by atoms with Crippen molar-refractivity contribution in [2.75, 3.05) is 0 Å². The van der Waals surface area contributed by atoms with Gasteiger partial charge in [-0.2, -0.15) is 0 Å². The molecule has 0 spiro atoms. The Morgan fingerprint density at radius 3 is 1.91 bits per heavy atom. The van der Waals surface area contributed by atoms with Crippen molar-refractivity contribution in [3.8, 4) is 22.4 Å². The number of hydrogen-bond acceptors (Lipinski definition) is 4. The SMILES string of the molecule is O=C(c1ccccc1)c1c(-c2ccccc2)nc2ccc([N+](=O)[O-])cc2c1-c1ccccc1. The van der Waals surface area contributed by atoms with Crippen LogP contribution in [0.5, 0.6) is 0 Å². The highest BCUT2D eigenvalue weighted by molar-refractivity contribution is 6.20. The van der Waals surface area contributed by atoms with Gasteiger partial charge in [-0.15, -0.1) is 0 Å². The molecule has 5 aromatic rings. The molecule has 0 saturated carbocycles. The van der Waals surface area contributed by atoms with Gasteiger partial charge in [0.15, 0.2) is 5.78 Å². The molecular weight excluding hydrogens is 412 g/mol. The van der Waals surface area contributed by atoms with Gasteiger partial charge >= 0.3 is 0 Å². The van der Waals surface area contributed by atoms with Crippen LogP contribution in [0.2, 0.25) is 0 Å². The van der Waals surface area contributed by atoms with Gasteiger partial charge in [0.1, 0.15) is 0 Å². The van der Waals surface area contributed by atoms with Crippen LogP contribution in [-0.2, 0) is 0 Å². The van der Waals surface area contributed by atoms with E-state index in [4.69, 9.17) is 4.98 Å².